The van der Waals surface area contributed by atoms with Crippen LogP contribution in [0.5, 0.6) is 0 Å². The number of hydrogen-bond acceptors (Lipinski definition) is 6. The van der Waals surface area contributed by atoms with Gasteiger partial charge in [0, 0.05) is 23.5 Å². The fourth-order valence-corrected chi connectivity index (χ4v) is 4.08. The molecule has 0 unspecified atom stereocenters. The number of nitrogens with zero attached hydrogens (tertiary/aromatic N) is 3. The number of nitrogens with one attached hydrogen (secondary N) is 2. The third kappa shape index (κ3) is 5.48. The average Bonchev–Trinajstić information content (AvgIpc) is 3.35. The summed E-state index contributed by atoms with van der Waals surface area (Å²) >= 11 is 4.22. The molecule has 2 N–H and O–H groups in total. The molecule has 1 aliphatic heterocycles. The molecule has 190 valence electrons. The van der Waals surface area contributed by atoms with Crippen molar-refractivity contribution < 1.29 is 23.0 Å². The molecule has 1 saturated heterocycles. The molecule has 0 spiro atoms. The van der Waals surface area contributed by atoms with Crippen LogP contribution in [0.2, 0.25) is 0 Å². The van der Waals surface area contributed by atoms with Crippen LogP contribution in [0.3, 0.4) is 0 Å². The van der Waals surface area contributed by atoms with E-state index in [4.69, 9.17) is 14.5 Å². The van der Waals surface area contributed by atoms with Crippen molar-refractivity contribution >= 4 is 24.5 Å². The zero-order valence-corrected chi connectivity index (χ0v) is 20.6. The van der Waals surface area contributed by atoms with Gasteiger partial charge < -0.3 is 19.8 Å². The maximum Gasteiger partial charge on any atom is 0.332 e. The minimum Gasteiger partial charge on any atom is -0.343 e. The molecule has 5 rings (SSSR count). The zero-order valence-electron chi connectivity index (χ0n) is 19.7. The normalized spacial score (nSPS) is 19.4. The number of pyridine rings is 1. The number of halogens is 2. The summed E-state index contributed by atoms with van der Waals surface area (Å²) in [6, 6.07) is 14.6. The lowest BCUT2D eigenvalue weighted by molar-refractivity contribution is -0.215. The lowest BCUT2D eigenvalue weighted by Gasteiger charge is -2.37. The summed E-state index contributed by atoms with van der Waals surface area (Å²) in [4.78, 5) is 24.8. The molecule has 1 aliphatic rings. The summed E-state index contributed by atoms with van der Waals surface area (Å²) in [6.45, 7) is 2.04. The lowest BCUT2D eigenvalue weighted by Crippen LogP contribution is -2.57. The molecule has 0 atom stereocenters. The average molecular weight is 524 g/mol. The summed E-state index contributed by atoms with van der Waals surface area (Å²) in [6.07, 6.45) is 2.52. The molecular weight excluding hydrogens is 500 g/mol. The Morgan fingerprint density at radius 1 is 1.00 bits per heavy atom. The second kappa shape index (κ2) is 10.3. The predicted octanol–water partition coefficient (Wildman–Crippen LogP) is 5.28. The number of aromatic amines is 1. The summed E-state index contributed by atoms with van der Waals surface area (Å²) < 4.78 is 39.7. The minimum atomic E-state index is -0.852. The molecule has 2 amide bonds. The number of anilines is 1. The number of hydrogen-bond donors (Lipinski definition) is 3. The van der Waals surface area contributed by atoms with Crippen LogP contribution in [0.25, 0.3) is 22.5 Å². The molecule has 8 nitrogen and oxygen atoms in total. The second-order valence-electron chi connectivity index (χ2n) is 8.82. The van der Waals surface area contributed by atoms with Gasteiger partial charge in [0.05, 0.1) is 35.8 Å². The van der Waals surface area contributed by atoms with Crippen LogP contribution in [-0.4, -0.2) is 39.7 Å². The smallest absolute Gasteiger partial charge is 0.332 e. The van der Waals surface area contributed by atoms with Crippen molar-refractivity contribution in [1.82, 2.24) is 20.3 Å². The fraction of sp³-hybridized carbons (Fsp3) is 0.192. The van der Waals surface area contributed by atoms with Gasteiger partial charge in [0.1, 0.15) is 11.6 Å². The van der Waals surface area contributed by atoms with Gasteiger partial charge >= 0.3 is 6.03 Å². The fourth-order valence-electron chi connectivity index (χ4n) is 3.90. The molecule has 0 radical (unpaired) electrons. The first-order valence-electron chi connectivity index (χ1n) is 11.4. The Kier molecular flexibility index (Phi) is 6.92. The maximum absolute atomic E-state index is 13.5. The van der Waals surface area contributed by atoms with Gasteiger partial charge in [-0.1, -0.05) is 12.8 Å². The van der Waals surface area contributed by atoms with E-state index in [-0.39, 0.29) is 19.0 Å². The SMILES string of the molecule is CC1(NC(=O)N(S)c2ccc(F)cc2)COC(c2nc(-c3ccc(F)cc3)c(-c3ccncc3)[nH]2)OC1. The summed E-state index contributed by atoms with van der Waals surface area (Å²) in [5.41, 5.74) is 2.44. The summed E-state index contributed by atoms with van der Waals surface area (Å²) in [5, 5.41) is 2.85. The van der Waals surface area contributed by atoms with Crippen LogP contribution >= 0.6 is 12.8 Å². The summed E-state index contributed by atoms with van der Waals surface area (Å²) in [5.74, 6) is -0.323. The standard InChI is InChI=1S/C26H23F2N5O3S/c1-26(32-25(34)33(37)20-8-6-19(28)7-9-20)14-35-24(36-15-26)23-30-21(16-2-4-18(27)5-3-16)22(31-23)17-10-12-29-13-11-17/h2-13,24,37H,14-15H2,1H3,(H,30,31)(H,32,34). The van der Waals surface area contributed by atoms with Crippen molar-refractivity contribution in [3.8, 4) is 22.5 Å². The number of imidazole rings is 1. The van der Waals surface area contributed by atoms with Crippen LogP contribution in [0.15, 0.2) is 73.1 Å². The number of thiol groups is 1. The molecule has 1 fully saturated rings. The molecule has 11 heteroatoms. The van der Waals surface area contributed by atoms with Crippen molar-refractivity contribution in [2.45, 2.75) is 18.8 Å². The number of ether oxygens (including phenoxy) is 2. The van der Waals surface area contributed by atoms with Crippen molar-refractivity contribution in [3.05, 3.63) is 90.5 Å². The predicted molar refractivity (Wildman–Crippen MR) is 137 cm³/mol. The lowest BCUT2D eigenvalue weighted by atomic mass is 10.0. The third-order valence-corrected chi connectivity index (χ3v) is 6.22. The van der Waals surface area contributed by atoms with Crippen molar-refractivity contribution in [3.63, 3.8) is 0 Å². The monoisotopic (exact) mass is 523 g/mol. The number of H-pyrrole nitrogens is 1. The molecule has 37 heavy (non-hydrogen) atoms. The molecule has 2 aromatic heterocycles. The zero-order chi connectivity index (χ0) is 26.0. The summed E-state index contributed by atoms with van der Waals surface area (Å²) in [7, 11) is 0. The van der Waals surface area contributed by atoms with Crippen molar-refractivity contribution in [2.75, 3.05) is 17.5 Å². The largest absolute Gasteiger partial charge is 0.343 e. The Labute approximate surface area is 217 Å². The van der Waals surface area contributed by atoms with E-state index in [1.807, 2.05) is 12.1 Å². The van der Waals surface area contributed by atoms with E-state index < -0.39 is 23.7 Å². The maximum atomic E-state index is 13.5. The van der Waals surface area contributed by atoms with Gasteiger partial charge in [0.15, 0.2) is 5.82 Å². The van der Waals surface area contributed by atoms with Crippen LogP contribution in [-0.2, 0) is 9.47 Å². The number of rotatable bonds is 5. The van der Waals surface area contributed by atoms with E-state index in [2.05, 4.69) is 28.1 Å². The Hall–Kier alpha value is -3.80. The Morgan fingerprint density at radius 2 is 1.59 bits per heavy atom. The van der Waals surface area contributed by atoms with Gasteiger partial charge in [-0.2, -0.15) is 0 Å². The number of carbonyl (C=O) groups is 1. The molecule has 4 aromatic rings. The Balaban J connectivity index is 1.32. The first-order valence-corrected chi connectivity index (χ1v) is 11.8. The quantitative estimate of drug-likeness (QED) is 0.310. The molecule has 2 aromatic carbocycles. The molecule has 3 heterocycles. The molecule has 0 saturated carbocycles. The van der Waals surface area contributed by atoms with Gasteiger partial charge in [0.25, 0.3) is 0 Å². The molecule has 0 aliphatic carbocycles. The van der Waals surface area contributed by atoms with Crippen LogP contribution in [0.1, 0.15) is 19.0 Å². The third-order valence-electron chi connectivity index (χ3n) is 5.81. The van der Waals surface area contributed by atoms with E-state index in [1.165, 1.54) is 36.4 Å². The van der Waals surface area contributed by atoms with Gasteiger partial charge in [0.2, 0.25) is 6.29 Å². The van der Waals surface area contributed by atoms with Gasteiger partial charge in [-0.25, -0.2) is 22.9 Å². The van der Waals surface area contributed by atoms with Crippen molar-refractivity contribution in [2.24, 2.45) is 0 Å². The van der Waals surface area contributed by atoms with Crippen molar-refractivity contribution in [1.29, 1.82) is 0 Å². The second-order valence-corrected chi connectivity index (χ2v) is 9.22. The highest BCUT2D eigenvalue weighted by Gasteiger charge is 2.37. The highest BCUT2D eigenvalue weighted by Crippen LogP contribution is 2.34. The Bertz CT molecular complexity index is 1380. The van der Waals surface area contributed by atoms with Gasteiger partial charge in [-0.05, 0) is 67.6 Å². The highest BCUT2D eigenvalue weighted by atomic mass is 32.1. The van der Waals surface area contributed by atoms with E-state index >= 15 is 0 Å². The highest BCUT2D eigenvalue weighted by molar-refractivity contribution is 7.82. The van der Waals surface area contributed by atoms with Crippen LogP contribution in [0, 0.1) is 11.6 Å². The number of amides is 2. The van der Waals surface area contributed by atoms with Crippen LogP contribution in [0.4, 0.5) is 19.3 Å². The van der Waals surface area contributed by atoms with E-state index in [0.717, 1.165) is 15.4 Å². The van der Waals surface area contributed by atoms with Gasteiger partial charge in [-0.3, -0.25) is 4.98 Å². The topological polar surface area (TPSA) is 92.4 Å². The first kappa shape index (κ1) is 24.9. The number of benzene rings is 2. The first-order chi connectivity index (χ1) is 17.8. The number of urea groups is 1. The number of carbonyl (C=O) groups excluding carboxylic acids is 1. The number of aromatic nitrogens is 3. The van der Waals surface area contributed by atoms with E-state index in [0.29, 0.717) is 22.9 Å². The van der Waals surface area contributed by atoms with E-state index in [1.54, 1.807) is 31.5 Å². The van der Waals surface area contributed by atoms with Gasteiger partial charge in [-0.15, -0.1) is 0 Å². The Morgan fingerprint density at radius 3 is 2.22 bits per heavy atom. The molecule has 0 bridgehead atoms. The van der Waals surface area contributed by atoms with E-state index in [9.17, 15) is 13.6 Å². The molecular formula is C26H23F2N5O3S. The van der Waals surface area contributed by atoms with Crippen LogP contribution < -0.4 is 9.62 Å². The minimum absolute atomic E-state index is 0.131.